The van der Waals surface area contributed by atoms with Crippen molar-refractivity contribution >= 4 is 0 Å². The van der Waals surface area contributed by atoms with Crippen molar-refractivity contribution in [1.82, 2.24) is 0 Å². The maximum atomic E-state index is 13.4. The van der Waals surface area contributed by atoms with Gasteiger partial charge in [-0.1, -0.05) is 0 Å². The van der Waals surface area contributed by atoms with E-state index in [1.165, 1.54) is 14.2 Å². The smallest absolute Gasteiger partial charge is 0.257 e. The van der Waals surface area contributed by atoms with Crippen molar-refractivity contribution in [1.29, 1.82) is 0 Å². The van der Waals surface area contributed by atoms with Crippen LogP contribution < -0.4 is 15.2 Å². The van der Waals surface area contributed by atoms with Gasteiger partial charge >= 0.3 is 0 Å². The molecule has 6 heteroatoms. The molecule has 1 rings (SSSR count). The number of methoxy groups -OCH3 is 2. The molecule has 0 radical (unpaired) electrons. The van der Waals surface area contributed by atoms with Gasteiger partial charge in [-0.3, -0.25) is 0 Å². The first-order valence-corrected chi connectivity index (χ1v) is 4.46. The number of hydrogen-bond acceptors (Lipinski definition) is 3. The van der Waals surface area contributed by atoms with Crippen LogP contribution in [0.1, 0.15) is 11.6 Å². The van der Waals surface area contributed by atoms with Crippen LogP contribution in [0.5, 0.6) is 11.5 Å². The molecular weight excluding hydrogens is 223 g/mol. The summed E-state index contributed by atoms with van der Waals surface area (Å²) >= 11 is 0. The van der Waals surface area contributed by atoms with Crippen LogP contribution in [0.4, 0.5) is 13.2 Å². The molecule has 1 atom stereocenters. The maximum absolute atomic E-state index is 13.4. The van der Waals surface area contributed by atoms with E-state index in [1.54, 1.807) is 0 Å². The van der Waals surface area contributed by atoms with Crippen LogP contribution in [0, 0.1) is 5.82 Å². The molecule has 90 valence electrons. The number of alkyl halides is 2. The average Bonchev–Trinajstić information content (AvgIpc) is 2.27. The highest BCUT2D eigenvalue weighted by Gasteiger charge is 2.23. The molecule has 0 bridgehead atoms. The van der Waals surface area contributed by atoms with Gasteiger partial charge in [0.25, 0.3) is 6.43 Å². The van der Waals surface area contributed by atoms with E-state index < -0.39 is 18.3 Å². The summed E-state index contributed by atoms with van der Waals surface area (Å²) < 4.78 is 47.8. The molecule has 0 saturated carbocycles. The van der Waals surface area contributed by atoms with Crippen LogP contribution in [0.15, 0.2) is 12.1 Å². The minimum Gasteiger partial charge on any atom is -0.493 e. The standard InChI is InChI=1S/C10H12F3NO2/c1-15-7-3-5(9(14)10(12)13)6(11)4-8(7)16-2/h3-4,9-10H,14H2,1-2H3/t9-/m1/s1. The second-order valence-electron chi connectivity index (χ2n) is 3.09. The molecule has 0 heterocycles. The van der Waals surface area contributed by atoms with E-state index in [1.807, 2.05) is 0 Å². The van der Waals surface area contributed by atoms with Crippen LogP contribution in [0.25, 0.3) is 0 Å². The van der Waals surface area contributed by atoms with Crippen LogP contribution >= 0.6 is 0 Å². The molecule has 1 aromatic rings. The van der Waals surface area contributed by atoms with Gasteiger partial charge in [-0.25, -0.2) is 13.2 Å². The fraction of sp³-hybridized carbons (Fsp3) is 0.400. The van der Waals surface area contributed by atoms with E-state index in [0.29, 0.717) is 0 Å². The van der Waals surface area contributed by atoms with Gasteiger partial charge < -0.3 is 15.2 Å². The third-order valence-electron chi connectivity index (χ3n) is 2.13. The summed E-state index contributed by atoms with van der Waals surface area (Å²) in [4.78, 5) is 0. The summed E-state index contributed by atoms with van der Waals surface area (Å²) in [6.07, 6.45) is -2.84. The van der Waals surface area contributed by atoms with Gasteiger partial charge in [0.15, 0.2) is 11.5 Å². The molecule has 0 aliphatic heterocycles. The Morgan fingerprint density at radius 3 is 2.06 bits per heavy atom. The van der Waals surface area contributed by atoms with E-state index in [-0.39, 0.29) is 17.1 Å². The van der Waals surface area contributed by atoms with Gasteiger partial charge in [0.2, 0.25) is 0 Å². The first kappa shape index (κ1) is 12.6. The molecule has 0 unspecified atom stereocenters. The van der Waals surface area contributed by atoms with E-state index >= 15 is 0 Å². The van der Waals surface area contributed by atoms with Gasteiger partial charge in [0.1, 0.15) is 5.82 Å². The largest absolute Gasteiger partial charge is 0.493 e. The summed E-state index contributed by atoms with van der Waals surface area (Å²) in [5.74, 6) is -0.550. The molecule has 0 aliphatic rings. The molecular formula is C10H12F3NO2. The summed E-state index contributed by atoms with van der Waals surface area (Å²) in [6.45, 7) is 0. The number of benzene rings is 1. The maximum Gasteiger partial charge on any atom is 0.257 e. The van der Waals surface area contributed by atoms with Gasteiger partial charge in [0.05, 0.1) is 20.3 Å². The lowest BCUT2D eigenvalue weighted by Crippen LogP contribution is -2.20. The Kier molecular flexibility index (Phi) is 4.00. The molecule has 2 N–H and O–H groups in total. The first-order chi connectivity index (χ1) is 7.51. The van der Waals surface area contributed by atoms with Crippen molar-refractivity contribution in [2.45, 2.75) is 12.5 Å². The highest BCUT2D eigenvalue weighted by atomic mass is 19.3. The Labute approximate surface area is 91.0 Å². The van der Waals surface area contributed by atoms with Gasteiger partial charge in [-0.15, -0.1) is 0 Å². The number of ether oxygens (including phenoxy) is 2. The number of halogens is 3. The van der Waals surface area contributed by atoms with Crippen molar-refractivity contribution in [3.63, 3.8) is 0 Å². The Morgan fingerprint density at radius 1 is 1.12 bits per heavy atom. The molecule has 0 amide bonds. The minimum absolute atomic E-state index is 0.130. The summed E-state index contributed by atoms with van der Waals surface area (Å²) in [6, 6.07) is 0.404. The minimum atomic E-state index is -2.84. The number of hydrogen-bond donors (Lipinski definition) is 1. The lowest BCUT2D eigenvalue weighted by Gasteiger charge is -2.15. The van der Waals surface area contributed by atoms with Crippen molar-refractivity contribution in [3.8, 4) is 11.5 Å². The van der Waals surface area contributed by atoms with Crippen molar-refractivity contribution < 1.29 is 22.6 Å². The molecule has 1 aromatic carbocycles. The topological polar surface area (TPSA) is 44.5 Å². The zero-order chi connectivity index (χ0) is 12.3. The van der Waals surface area contributed by atoms with Gasteiger partial charge in [-0.2, -0.15) is 0 Å². The van der Waals surface area contributed by atoms with Crippen LogP contribution in [-0.4, -0.2) is 20.6 Å². The van der Waals surface area contributed by atoms with Gasteiger partial charge in [0, 0.05) is 11.6 Å². The normalized spacial score (nSPS) is 12.7. The highest BCUT2D eigenvalue weighted by molar-refractivity contribution is 5.44. The van der Waals surface area contributed by atoms with E-state index in [9.17, 15) is 13.2 Å². The molecule has 0 spiro atoms. The Hall–Kier alpha value is -1.43. The summed E-state index contributed by atoms with van der Waals surface area (Å²) in [5.41, 5.74) is 4.87. The Morgan fingerprint density at radius 2 is 1.62 bits per heavy atom. The summed E-state index contributed by atoms with van der Waals surface area (Å²) in [7, 11) is 2.65. The highest BCUT2D eigenvalue weighted by Crippen LogP contribution is 2.33. The zero-order valence-corrected chi connectivity index (χ0v) is 8.84. The van der Waals surface area contributed by atoms with E-state index in [4.69, 9.17) is 15.2 Å². The van der Waals surface area contributed by atoms with Gasteiger partial charge in [-0.05, 0) is 6.07 Å². The predicted molar refractivity (Wildman–Crippen MR) is 52.4 cm³/mol. The fourth-order valence-electron chi connectivity index (χ4n) is 1.26. The molecule has 0 fully saturated rings. The van der Waals surface area contributed by atoms with Crippen molar-refractivity contribution in [3.05, 3.63) is 23.5 Å². The lowest BCUT2D eigenvalue weighted by atomic mass is 10.1. The Bertz CT molecular complexity index is 371. The number of rotatable bonds is 4. The monoisotopic (exact) mass is 235 g/mol. The molecule has 16 heavy (non-hydrogen) atoms. The Balaban J connectivity index is 3.21. The second-order valence-corrected chi connectivity index (χ2v) is 3.09. The first-order valence-electron chi connectivity index (χ1n) is 4.46. The fourth-order valence-corrected chi connectivity index (χ4v) is 1.26. The van der Waals surface area contributed by atoms with E-state index in [2.05, 4.69) is 0 Å². The molecule has 0 aromatic heterocycles. The van der Waals surface area contributed by atoms with Crippen molar-refractivity contribution in [2.75, 3.05) is 14.2 Å². The molecule has 0 saturated heterocycles. The third kappa shape index (κ3) is 2.38. The zero-order valence-electron chi connectivity index (χ0n) is 8.84. The quantitative estimate of drug-likeness (QED) is 0.869. The van der Waals surface area contributed by atoms with Crippen LogP contribution in [0.3, 0.4) is 0 Å². The van der Waals surface area contributed by atoms with Crippen LogP contribution in [-0.2, 0) is 0 Å². The lowest BCUT2D eigenvalue weighted by molar-refractivity contribution is 0.114. The van der Waals surface area contributed by atoms with Crippen LogP contribution in [0.2, 0.25) is 0 Å². The third-order valence-corrected chi connectivity index (χ3v) is 2.13. The second kappa shape index (κ2) is 5.07. The predicted octanol–water partition coefficient (Wildman–Crippen LogP) is 2.11. The van der Waals surface area contributed by atoms with E-state index in [0.717, 1.165) is 12.1 Å². The SMILES string of the molecule is COc1cc(F)c([C@@H](N)C(F)F)cc1OC. The molecule has 3 nitrogen and oxygen atoms in total. The average molecular weight is 235 g/mol. The summed E-state index contributed by atoms with van der Waals surface area (Å²) in [5, 5.41) is 0. The number of nitrogens with two attached hydrogens (primary N) is 1. The van der Waals surface area contributed by atoms with Crippen molar-refractivity contribution in [2.24, 2.45) is 5.73 Å². The molecule has 0 aliphatic carbocycles.